The first-order valence-corrected chi connectivity index (χ1v) is 5.99. The second-order valence-corrected chi connectivity index (χ2v) is 4.53. The molecule has 1 aliphatic rings. The summed E-state index contributed by atoms with van der Waals surface area (Å²) in [7, 11) is 0. The molecule has 1 amide bonds. The Bertz CT molecular complexity index is 296. The van der Waals surface area contributed by atoms with E-state index in [2.05, 4.69) is 17.1 Å². The van der Waals surface area contributed by atoms with Gasteiger partial charge >= 0.3 is 5.97 Å². The van der Waals surface area contributed by atoms with Crippen molar-refractivity contribution in [3.8, 4) is 0 Å². The van der Waals surface area contributed by atoms with Gasteiger partial charge in [0.05, 0.1) is 0 Å². The van der Waals surface area contributed by atoms with E-state index >= 15 is 0 Å². The number of aliphatic carboxylic acids is 1. The predicted octanol–water partition coefficient (Wildman–Crippen LogP) is 0.475. The zero-order chi connectivity index (χ0) is 12.7. The number of hydrogen-bond acceptors (Lipinski definition) is 3. The van der Waals surface area contributed by atoms with Crippen LogP contribution in [0.5, 0.6) is 0 Å². The Morgan fingerprint density at radius 1 is 1.35 bits per heavy atom. The molecule has 1 unspecified atom stereocenters. The average molecular weight is 240 g/mol. The van der Waals surface area contributed by atoms with Gasteiger partial charge in [-0.15, -0.1) is 0 Å². The fraction of sp³-hybridized carbons (Fsp3) is 0.667. The lowest BCUT2D eigenvalue weighted by molar-refractivity contribution is -0.131. The van der Waals surface area contributed by atoms with Crippen LogP contribution in [0.25, 0.3) is 0 Å². The zero-order valence-electron chi connectivity index (χ0n) is 10.2. The average Bonchev–Trinajstić information content (AvgIpc) is 2.76. The maximum Gasteiger partial charge on any atom is 0.328 e. The highest BCUT2D eigenvalue weighted by Gasteiger charge is 2.14. The number of nitrogens with one attached hydrogen (secondary N) is 1. The minimum atomic E-state index is -1.11. The van der Waals surface area contributed by atoms with E-state index in [9.17, 15) is 9.59 Å². The van der Waals surface area contributed by atoms with E-state index in [0.29, 0.717) is 12.5 Å². The van der Waals surface area contributed by atoms with Crippen molar-refractivity contribution in [3.63, 3.8) is 0 Å². The Kier molecular flexibility index (Phi) is 5.69. The van der Waals surface area contributed by atoms with Crippen LogP contribution >= 0.6 is 0 Å². The number of carbonyl (C=O) groups excluding carboxylic acids is 1. The Morgan fingerprint density at radius 3 is 2.59 bits per heavy atom. The van der Waals surface area contributed by atoms with Crippen LogP contribution in [0, 0.1) is 5.92 Å². The van der Waals surface area contributed by atoms with Crippen molar-refractivity contribution in [1.29, 1.82) is 0 Å². The molecule has 1 atom stereocenters. The van der Waals surface area contributed by atoms with E-state index in [1.54, 1.807) is 0 Å². The Balaban J connectivity index is 2.16. The molecule has 2 N–H and O–H groups in total. The number of likely N-dealkylation sites (tertiary alicyclic amines) is 1. The molecule has 1 saturated heterocycles. The summed E-state index contributed by atoms with van der Waals surface area (Å²) in [5.41, 5.74) is 0. The molecule has 0 saturated carbocycles. The van der Waals surface area contributed by atoms with Crippen molar-refractivity contribution in [2.75, 3.05) is 26.2 Å². The molecule has 0 bridgehead atoms. The van der Waals surface area contributed by atoms with Crippen LogP contribution in [-0.2, 0) is 9.59 Å². The maximum atomic E-state index is 11.2. The van der Waals surface area contributed by atoms with Crippen LogP contribution in [-0.4, -0.2) is 48.1 Å². The quantitative estimate of drug-likeness (QED) is 0.662. The fourth-order valence-corrected chi connectivity index (χ4v) is 1.95. The molecular weight excluding hydrogens is 220 g/mol. The highest BCUT2D eigenvalue weighted by atomic mass is 16.4. The maximum absolute atomic E-state index is 11.2. The van der Waals surface area contributed by atoms with E-state index in [4.69, 9.17) is 5.11 Å². The lowest BCUT2D eigenvalue weighted by Gasteiger charge is -2.20. The number of hydrogen-bond donors (Lipinski definition) is 2. The second-order valence-electron chi connectivity index (χ2n) is 4.53. The molecule has 96 valence electrons. The Labute approximate surface area is 101 Å². The number of carboxylic acids is 1. The smallest absolute Gasteiger partial charge is 0.328 e. The van der Waals surface area contributed by atoms with Crippen molar-refractivity contribution in [3.05, 3.63) is 12.2 Å². The van der Waals surface area contributed by atoms with Gasteiger partial charge in [0.2, 0.25) is 5.91 Å². The van der Waals surface area contributed by atoms with Gasteiger partial charge in [-0.2, -0.15) is 0 Å². The number of nitrogens with zero attached hydrogens (tertiary/aromatic N) is 1. The van der Waals surface area contributed by atoms with E-state index in [1.807, 2.05) is 0 Å². The van der Waals surface area contributed by atoms with E-state index in [1.165, 1.54) is 12.8 Å². The number of carbonyl (C=O) groups is 2. The van der Waals surface area contributed by atoms with Crippen LogP contribution < -0.4 is 5.32 Å². The molecule has 0 spiro atoms. The SMILES string of the molecule is CC(CNC(=O)C=CC(=O)O)CN1CCCC1. The first-order chi connectivity index (χ1) is 8.08. The van der Waals surface area contributed by atoms with Gasteiger partial charge in [-0.25, -0.2) is 4.79 Å². The van der Waals surface area contributed by atoms with Crippen molar-refractivity contribution in [2.45, 2.75) is 19.8 Å². The van der Waals surface area contributed by atoms with Crippen LogP contribution in [0.2, 0.25) is 0 Å². The lowest BCUT2D eigenvalue weighted by Crippen LogP contribution is -2.33. The molecule has 17 heavy (non-hydrogen) atoms. The van der Waals surface area contributed by atoms with Crippen LogP contribution in [0.3, 0.4) is 0 Å². The standard InChI is InChI=1S/C12H20N2O3/c1-10(9-14-6-2-3-7-14)8-13-11(15)4-5-12(16)17/h4-5,10H,2-3,6-9H2,1H3,(H,13,15)(H,16,17). The molecular formula is C12H20N2O3. The highest BCUT2D eigenvalue weighted by molar-refractivity contribution is 5.93. The van der Waals surface area contributed by atoms with Gasteiger partial charge in [0.1, 0.15) is 0 Å². The van der Waals surface area contributed by atoms with Gasteiger partial charge in [-0.1, -0.05) is 6.92 Å². The van der Waals surface area contributed by atoms with Crippen molar-refractivity contribution < 1.29 is 14.7 Å². The first kappa shape index (κ1) is 13.7. The minimum Gasteiger partial charge on any atom is -0.478 e. The van der Waals surface area contributed by atoms with Crippen molar-refractivity contribution in [1.82, 2.24) is 10.2 Å². The minimum absolute atomic E-state index is 0.347. The molecule has 1 fully saturated rings. The lowest BCUT2D eigenvalue weighted by atomic mass is 10.1. The van der Waals surface area contributed by atoms with Crippen molar-refractivity contribution in [2.24, 2.45) is 5.92 Å². The van der Waals surface area contributed by atoms with Gasteiger partial charge < -0.3 is 15.3 Å². The third-order valence-electron chi connectivity index (χ3n) is 2.77. The summed E-state index contributed by atoms with van der Waals surface area (Å²) in [6, 6.07) is 0. The molecule has 1 aliphatic heterocycles. The zero-order valence-corrected chi connectivity index (χ0v) is 10.2. The monoisotopic (exact) mass is 240 g/mol. The largest absolute Gasteiger partial charge is 0.478 e. The molecule has 0 aromatic heterocycles. The topological polar surface area (TPSA) is 69.6 Å². The molecule has 0 aliphatic carbocycles. The van der Waals surface area contributed by atoms with Gasteiger partial charge in [0.15, 0.2) is 0 Å². The van der Waals surface area contributed by atoms with E-state index in [0.717, 1.165) is 31.8 Å². The van der Waals surface area contributed by atoms with Gasteiger partial charge in [0.25, 0.3) is 0 Å². The van der Waals surface area contributed by atoms with Gasteiger partial charge in [-0.05, 0) is 31.8 Å². The normalized spacial score (nSPS) is 18.4. The van der Waals surface area contributed by atoms with Crippen LogP contribution in [0.4, 0.5) is 0 Å². The number of rotatable bonds is 6. The molecule has 0 radical (unpaired) electrons. The highest BCUT2D eigenvalue weighted by Crippen LogP contribution is 2.09. The molecule has 0 aromatic carbocycles. The number of amides is 1. The summed E-state index contributed by atoms with van der Waals surface area (Å²) < 4.78 is 0. The molecule has 5 heteroatoms. The summed E-state index contributed by atoms with van der Waals surface area (Å²) >= 11 is 0. The predicted molar refractivity (Wildman–Crippen MR) is 64.6 cm³/mol. The van der Waals surface area contributed by atoms with Crippen molar-refractivity contribution >= 4 is 11.9 Å². The Morgan fingerprint density at radius 2 is 2.00 bits per heavy atom. The fourth-order valence-electron chi connectivity index (χ4n) is 1.95. The third kappa shape index (κ3) is 6.06. The summed E-state index contributed by atoms with van der Waals surface area (Å²) in [5.74, 6) is -1.07. The molecule has 0 aromatic rings. The second kappa shape index (κ2) is 7.06. The molecule has 1 rings (SSSR count). The van der Waals surface area contributed by atoms with Crippen LogP contribution in [0.15, 0.2) is 12.2 Å². The third-order valence-corrected chi connectivity index (χ3v) is 2.77. The summed E-state index contributed by atoms with van der Waals surface area (Å²) in [4.78, 5) is 23.8. The van der Waals surface area contributed by atoms with E-state index in [-0.39, 0.29) is 5.91 Å². The summed E-state index contributed by atoms with van der Waals surface area (Å²) in [5, 5.41) is 11.1. The summed E-state index contributed by atoms with van der Waals surface area (Å²) in [6.45, 7) is 5.95. The number of carboxylic acid groups (broad SMARTS) is 1. The summed E-state index contributed by atoms with van der Waals surface area (Å²) in [6.07, 6.45) is 4.42. The van der Waals surface area contributed by atoms with E-state index < -0.39 is 5.97 Å². The first-order valence-electron chi connectivity index (χ1n) is 5.99. The Hall–Kier alpha value is -1.36. The van der Waals surface area contributed by atoms with Crippen LogP contribution in [0.1, 0.15) is 19.8 Å². The van der Waals surface area contributed by atoms with Gasteiger partial charge in [-0.3, -0.25) is 4.79 Å². The van der Waals surface area contributed by atoms with Gasteiger partial charge in [0, 0.05) is 25.2 Å². The molecule has 1 heterocycles. The molecule has 5 nitrogen and oxygen atoms in total.